The maximum absolute atomic E-state index is 12.4. The smallest absolute Gasteiger partial charge is 0.335 e. The monoisotopic (exact) mass is 392 g/mol. The molecule has 1 amide bonds. The van der Waals surface area contributed by atoms with Crippen molar-refractivity contribution in [2.45, 2.75) is 20.3 Å². The number of hydrogen-bond acceptors (Lipinski definition) is 5. The van der Waals surface area contributed by atoms with Crippen molar-refractivity contribution in [3.8, 4) is 11.6 Å². The van der Waals surface area contributed by atoms with Gasteiger partial charge in [-0.3, -0.25) is 14.6 Å². The first kappa shape index (κ1) is 19.8. The number of carbonyl (C=O) groups excluding carboxylic acids is 1. The van der Waals surface area contributed by atoms with Gasteiger partial charge in [0.2, 0.25) is 5.88 Å². The molecule has 0 bridgehead atoms. The molecule has 0 saturated heterocycles. The minimum Gasteiger partial charge on any atom is -0.493 e. The van der Waals surface area contributed by atoms with Crippen LogP contribution in [0.2, 0.25) is 0 Å². The summed E-state index contributed by atoms with van der Waals surface area (Å²) in [5.74, 6) is -0.998. The van der Waals surface area contributed by atoms with Crippen molar-refractivity contribution in [1.82, 2.24) is 15.0 Å². The summed E-state index contributed by atoms with van der Waals surface area (Å²) >= 11 is 0. The Bertz CT molecular complexity index is 1190. The van der Waals surface area contributed by atoms with Gasteiger partial charge in [0.15, 0.2) is 0 Å². The number of amides is 1. The number of rotatable bonds is 5. The van der Waals surface area contributed by atoms with Crippen LogP contribution >= 0.6 is 0 Å². The molecule has 2 aromatic carbocycles. The number of para-hydroxylation sites is 1. The molecule has 148 valence electrons. The quantitative estimate of drug-likeness (QED) is 0.455. The molecule has 0 radical (unpaired) electrons. The van der Waals surface area contributed by atoms with E-state index < -0.39 is 23.0 Å². The normalized spacial score (nSPS) is 11.3. The summed E-state index contributed by atoms with van der Waals surface area (Å²) in [6, 6.07) is 15.4. The predicted octanol–water partition coefficient (Wildman–Crippen LogP) is 2.08. The average molecular weight is 392 g/mol. The van der Waals surface area contributed by atoms with Gasteiger partial charge in [0.1, 0.15) is 5.56 Å². The van der Waals surface area contributed by atoms with Gasteiger partial charge in [-0.2, -0.15) is 5.10 Å². The van der Waals surface area contributed by atoms with E-state index in [-0.39, 0.29) is 17.7 Å². The van der Waals surface area contributed by atoms with E-state index in [4.69, 9.17) is 0 Å². The first-order valence-electron chi connectivity index (χ1n) is 9.00. The predicted molar refractivity (Wildman–Crippen MR) is 110 cm³/mol. The lowest BCUT2D eigenvalue weighted by atomic mass is 10.1. The lowest BCUT2D eigenvalue weighted by Crippen LogP contribution is -2.34. The molecule has 0 aliphatic carbocycles. The SMILES string of the molecule is CC/C(=N\NC(=O)c1ccccc1)c1c(O)n(-c2ccccc2C)c(=O)[nH]c1=O. The van der Waals surface area contributed by atoms with Crippen LogP contribution in [0.1, 0.15) is 34.8 Å². The molecule has 3 aromatic rings. The second-order valence-electron chi connectivity index (χ2n) is 6.30. The van der Waals surface area contributed by atoms with Crippen molar-refractivity contribution in [3.63, 3.8) is 0 Å². The molecule has 29 heavy (non-hydrogen) atoms. The largest absolute Gasteiger partial charge is 0.493 e. The Balaban J connectivity index is 2.08. The Kier molecular flexibility index (Phi) is 5.73. The van der Waals surface area contributed by atoms with Crippen LogP contribution in [-0.4, -0.2) is 26.3 Å². The van der Waals surface area contributed by atoms with Crippen LogP contribution in [0, 0.1) is 6.92 Å². The van der Waals surface area contributed by atoms with E-state index in [1.165, 1.54) is 0 Å². The molecule has 3 rings (SSSR count). The molecule has 0 atom stereocenters. The zero-order valence-electron chi connectivity index (χ0n) is 16.0. The first-order chi connectivity index (χ1) is 13.9. The van der Waals surface area contributed by atoms with Crippen LogP contribution in [0.5, 0.6) is 5.88 Å². The first-order valence-corrected chi connectivity index (χ1v) is 9.00. The van der Waals surface area contributed by atoms with Gasteiger partial charge >= 0.3 is 5.69 Å². The third-order valence-corrected chi connectivity index (χ3v) is 4.39. The van der Waals surface area contributed by atoms with Crippen molar-refractivity contribution < 1.29 is 9.90 Å². The number of aromatic nitrogens is 2. The molecule has 3 N–H and O–H groups in total. The van der Waals surface area contributed by atoms with Gasteiger partial charge in [0, 0.05) is 5.56 Å². The minimum atomic E-state index is -0.785. The van der Waals surface area contributed by atoms with Crippen LogP contribution < -0.4 is 16.7 Å². The number of aryl methyl sites for hydroxylation is 1. The second-order valence-corrected chi connectivity index (χ2v) is 6.30. The maximum Gasteiger partial charge on any atom is 0.335 e. The molecule has 0 aliphatic rings. The van der Waals surface area contributed by atoms with E-state index in [1.807, 2.05) is 0 Å². The second kappa shape index (κ2) is 8.39. The Morgan fingerprint density at radius 2 is 1.76 bits per heavy atom. The van der Waals surface area contributed by atoms with Gasteiger partial charge in [-0.1, -0.05) is 43.3 Å². The number of benzene rings is 2. The van der Waals surface area contributed by atoms with E-state index in [0.29, 0.717) is 11.3 Å². The number of hydrazone groups is 1. The van der Waals surface area contributed by atoms with Crippen LogP contribution in [0.25, 0.3) is 5.69 Å². The van der Waals surface area contributed by atoms with E-state index >= 15 is 0 Å². The lowest BCUT2D eigenvalue weighted by Gasteiger charge is -2.14. The number of hydrogen-bond donors (Lipinski definition) is 3. The van der Waals surface area contributed by atoms with Crippen molar-refractivity contribution in [1.29, 1.82) is 0 Å². The van der Waals surface area contributed by atoms with E-state index in [1.54, 1.807) is 68.4 Å². The van der Waals surface area contributed by atoms with E-state index in [0.717, 1.165) is 10.1 Å². The molecule has 0 saturated carbocycles. The molecule has 8 nitrogen and oxygen atoms in total. The summed E-state index contributed by atoms with van der Waals surface area (Å²) in [6.07, 6.45) is 0.234. The number of aromatic hydroxyl groups is 1. The van der Waals surface area contributed by atoms with E-state index in [2.05, 4.69) is 15.5 Å². The Morgan fingerprint density at radius 1 is 1.10 bits per heavy atom. The van der Waals surface area contributed by atoms with Crippen molar-refractivity contribution in [3.05, 3.63) is 92.1 Å². The average Bonchev–Trinajstić information content (AvgIpc) is 2.72. The van der Waals surface area contributed by atoms with Gasteiger partial charge in [-0.15, -0.1) is 0 Å². The fraction of sp³-hybridized carbons (Fsp3) is 0.143. The molecule has 0 fully saturated rings. The number of nitrogens with one attached hydrogen (secondary N) is 2. The number of carbonyl (C=O) groups is 1. The van der Waals surface area contributed by atoms with Gasteiger partial charge in [-0.05, 0) is 37.1 Å². The fourth-order valence-corrected chi connectivity index (χ4v) is 2.91. The van der Waals surface area contributed by atoms with Crippen LogP contribution in [-0.2, 0) is 0 Å². The minimum absolute atomic E-state index is 0.135. The van der Waals surface area contributed by atoms with Crippen LogP contribution in [0.15, 0.2) is 69.3 Å². The van der Waals surface area contributed by atoms with Gasteiger partial charge < -0.3 is 5.11 Å². The molecule has 0 aliphatic heterocycles. The summed E-state index contributed by atoms with van der Waals surface area (Å²) in [5, 5.41) is 14.8. The molecule has 1 heterocycles. The third-order valence-electron chi connectivity index (χ3n) is 4.39. The Hall–Kier alpha value is -3.94. The van der Waals surface area contributed by atoms with Gasteiger partial charge in [-0.25, -0.2) is 14.8 Å². The summed E-state index contributed by atoms with van der Waals surface area (Å²) in [7, 11) is 0. The fourth-order valence-electron chi connectivity index (χ4n) is 2.91. The number of H-pyrrole nitrogens is 1. The highest BCUT2D eigenvalue weighted by Crippen LogP contribution is 2.20. The standard InChI is InChI=1S/C21H20N4O4/c1-3-15(23-24-18(26)14-10-5-4-6-11-14)17-19(27)22-21(29)25(20(17)28)16-12-8-7-9-13(16)2/h4-12,28H,3H2,1-2H3,(H,24,26)(H,22,27,29)/b23-15+. The topological polar surface area (TPSA) is 117 Å². The Morgan fingerprint density at radius 3 is 2.41 bits per heavy atom. The Labute approximate surface area is 166 Å². The zero-order valence-corrected chi connectivity index (χ0v) is 16.0. The molecule has 0 unspecified atom stereocenters. The van der Waals surface area contributed by atoms with Gasteiger partial charge in [0.05, 0.1) is 11.4 Å². The molecular formula is C21H20N4O4. The number of nitrogens with zero attached hydrogens (tertiary/aromatic N) is 2. The summed E-state index contributed by atoms with van der Waals surface area (Å²) in [6.45, 7) is 3.50. The lowest BCUT2D eigenvalue weighted by molar-refractivity contribution is 0.0954. The zero-order chi connectivity index (χ0) is 21.0. The number of aromatic amines is 1. The van der Waals surface area contributed by atoms with Crippen LogP contribution in [0.3, 0.4) is 0 Å². The van der Waals surface area contributed by atoms with E-state index in [9.17, 15) is 19.5 Å². The summed E-state index contributed by atoms with van der Waals surface area (Å²) in [5.41, 5.74) is 2.35. The highest BCUT2D eigenvalue weighted by atomic mass is 16.3. The van der Waals surface area contributed by atoms with Crippen molar-refractivity contribution in [2.24, 2.45) is 5.10 Å². The summed E-state index contributed by atoms with van der Waals surface area (Å²) < 4.78 is 1.01. The van der Waals surface area contributed by atoms with Crippen LogP contribution in [0.4, 0.5) is 0 Å². The molecule has 8 heteroatoms. The molecule has 1 aromatic heterocycles. The highest BCUT2D eigenvalue weighted by molar-refractivity contribution is 6.03. The van der Waals surface area contributed by atoms with Gasteiger partial charge in [0.25, 0.3) is 11.5 Å². The maximum atomic E-state index is 12.4. The van der Waals surface area contributed by atoms with Crippen molar-refractivity contribution >= 4 is 11.6 Å². The van der Waals surface area contributed by atoms with Crippen molar-refractivity contribution in [2.75, 3.05) is 0 Å². The molecular weight excluding hydrogens is 372 g/mol. The molecule has 0 spiro atoms. The summed E-state index contributed by atoms with van der Waals surface area (Å²) in [4.78, 5) is 39.2. The highest BCUT2D eigenvalue weighted by Gasteiger charge is 2.20. The third kappa shape index (κ3) is 4.01.